The average molecular weight is 274 g/mol. The van der Waals surface area contributed by atoms with Crippen LogP contribution in [0, 0.1) is 0 Å². The third-order valence-corrected chi connectivity index (χ3v) is 3.41. The van der Waals surface area contributed by atoms with Crippen LogP contribution in [-0.4, -0.2) is 32.5 Å². The largest absolute Gasteiger partial charge is 0.442 e. The van der Waals surface area contributed by atoms with Crippen LogP contribution in [0.25, 0.3) is 0 Å². The first-order valence-electron chi connectivity index (χ1n) is 5.60. The van der Waals surface area contributed by atoms with Crippen molar-refractivity contribution >= 4 is 23.6 Å². The van der Waals surface area contributed by atoms with Crippen LogP contribution in [0.5, 0.6) is 0 Å². The van der Waals surface area contributed by atoms with Crippen molar-refractivity contribution in [3.8, 4) is 0 Å². The van der Waals surface area contributed by atoms with E-state index in [9.17, 15) is 4.79 Å². The van der Waals surface area contributed by atoms with E-state index < -0.39 is 6.09 Å². The molecule has 0 aromatic carbocycles. The Labute approximate surface area is 113 Å². The summed E-state index contributed by atoms with van der Waals surface area (Å²) in [6.07, 6.45) is 9.43. The molecule has 7 heteroatoms. The van der Waals surface area contributed by atoms with Crippen LogP contribution in [0.4, 0.5) is 4.79 Å². The van der Waals surface area contributed by atoms with E-state index >= 15 is 0 Å². The Morgan fingerprint density at radius 2 is 2.42 bits per heavy atom. The molecular weight excluding hydrogens is 264 g/mol. The van der Waals surface area contributed by atoms with Gasteiger partial charge in [-0.25, -0.2) is 4.79 Å². The molecule has 1 aromatic rings. The van der Waals surface area contributed by atoms with Gasteiger partial charge in [-0.2, -0.15) is 0 Å². The monoisotopic (exact) mass is 274 g/mol. The van der Waals surface area contributed by atoms with Crippen molar-refractivity contribution in [1.29, 1.82) is 0 Å². The molecule has 96 valence electrons. The lowest BCUT2D eigenvalue weighted by Gasteiger charge is -2.17. The maximum Gasteiger partial charge on any atom is 0.418 e. The van der Waals surface area contributed by atoms with Crippen molar-refractivity contribution in [3.63, 3.8) is 0 Å². The summed E-state index contributed by atoms with van der Waals surface area (Å²) in [7, 11) is 0. The van der Waals surface area contributed by atoms with Crippen LogP contribution >= 0.6 is 11.8 Å². The van der Waals surface area contributed by atoms with Gasteiger partial charge in [0.2, 0.25) is 0 Å². The molecule has 1 amide bonds. The van der Waals surface area contributed by atoms with E-state index in [0.717, 1.165) is 10.6 Å². The van der Waals surface area contributed by atoms with Crippen molar-refractivity contribution in [3.05, 3.63) is 47.7 Å². The number of hydrogen-bond acceptors (Lipinski definition) is 6. The summed E-state index contributed by atoms with van der Waals surface area (Å²) in [6, 6.07) is 0. The van der Waals surface area contributed by atoms with E-state index in [1.165, 1.54) is 4.90 Å². The molecule has 0 radical (unpaired) electrons. The molecule has 3 heterocycles. The maximum atomic E-state index is 11.9. The Morgan fingerprint density at radius 1 is 1.47 bits per heavy atom. The number of rotatable bonds is 2. The van der Waals surface area contributed by atoms with Gasteiger partial charge in [-0.3, -0.25) is 19.9 Å². The van der Waals surface area contributed by atoms with Crippen molar-refractivity contribution < 1.29 is 9.53 Å². The molecule has 0 spiro atoms. The molecule has 0 saturated carbocycles. The van der Waals surface area contributed by atoms with Gasteiger partial charge in [-0.1, -0.05) is 11.8 Å². The second kappa shape index (κ2) is 5.23. The fraction of sp³-hybridized carbons (Fsp3) is 0.167. The lowest BCUT2D eigenvalue weighted by molar-refractivity contribution is 0.119. The molecule has 19 heavy (non-hydrogen) atoms. The average Bonchev–Trinajstić information content (AvgIpc) is 2.93. The summed E-state index contributed by atoms with van der Waals surface area (Å²) < 4.78 is 5.16. The van der Waals surface area contributed by atoms with E-state index in [1.54, 1.807) is 48.8 Å². The van der Waals surface area contributed by atoms with Crippen LogP contribution in [0.1, 0.15) is 5.69 Å². The summed E-state index contributed by atoms with van der Waals surface area (Å²) in [5.41, 5.74) is 1.53. The number of hydrogen-bond donors (Lipinski definition) is 0. The van der Waals surface area contributed by atoms with Gasteiger partial charge in [-0.15, -0.1) is 0 Å². The molecule has 0 atom stereocenters. The molecule has 1 aromatic heterocycles. The van der Waals surface area contributed by atoms with Crippen LogP contribution < -0.4 is 0 Å². The number of thioether (sulfide) groups is 1. The number of fused-ring (bicyclic) bond motifs is 1. The SMILES string of the molecule is O=C(OCc1cnccn1)N1C=CC2=NCSC2=C1. The number of aromatic nitrogens is 2. The highest BCUT2D eigenvalue weighted by Crippen LogP contribution is 2.28. The van der Waals surface area contributed by atoms with Gasteiger partial charge in [-0.05, 0) is 6.08 Å². The third-order valence-electron chi connectivity index (χ3n) is 2.53. The van der Waals surface area contributed by atoms with Crippen molar-refractivity contribution in [2.24, 2.45) is 4.99 Å². The number of carbonyl (C=O) groups is 1. The standard InChI is InChI=1S/C12H10N4O2S/c17-12(18-7-9-5-13-2-3-14-9)16-4-1-10-11(6-16)19-8-15-10/h1-6H,7-8H2. The van der Waals surface area contributed by atoms with E-state index in [4.69, 9.17) is 4.74 Å². The Balaban J connectivity index is 1.61. The smallest absolute Gasteiger partial charge is 0.418 e. The van der Waals surface area contributed by atoms with Crippen molar-refractivity contribution in [2.45, 2.75) is 6.61 Å². The lowest BCUT2D eigenvalue weighted by Crippen LogP contribution is -2.24. The minimum atomic E-state index is -0.444. The fourth-order valence-electron chi connectivity index (χ4n) is 1.61. The first-order valence-corrected chi connectivity index (χ1v) is 6.59. The topological polar surface area (TPSA) is 67.7 Å². The number of nitrogens with zero attached hydrogens (tertiary/aromatic N) is 4. The van der Waals surface area contributed by atoms with Gasteiger partial charge in [0.25, 0.3) is 0 Å². The first-order chi connectivity index (χ1) is 9.33. The minimum absolute atomic E-state index is 0.105. The molecule has 2 aliphatic heterocycles. The van der Waals surface area contributed by atoms with E-state index in [0.29, 0.717) is 11.6 Å². The molecular formula is C12H10N4O2S. The van der Waals surface area contributed by atoms with Crippen LogP contribution in [0.2, 0.25) is 0 Å². The quantitative estimate of drug-likeness (QED) is 0.824. The predicted octanol–water partition coefficient (Wildman–Crippen LogP) is 1.93. The number of carbonyl (C=O) groups excluding carboxylic acids is 1. The molecule has 2 aliphatic rings. The van der Waals surface area contributed by atoms with Crippen LogP contribution in [0.15, 0.2) is 47.0 Å². The van der Waals surface area contributed by atoms with Gasteiger partial charge in [0.05, 0.1) is 28.4 Å². The molecule has 0 unspecified atom stereocenters. The van der Waals surface area contributed by atoms with E-state index in [1.807, 2.05) is 0 Å². The van der Waals surface area contributed by atoms with Crippen LogP contribution in [-0.2, 0) is 11.3 Å². The second-order valence-electron chi connectivity index (χ2n) is 3.78. The van der Waals surface area contributed by atoms with E-state index in [-0.39, 0.29) is 6.61 Å². The van der Waals surface area contributed by atoms with Gasteiger partial charge in [0, 0.05) is 24.8 Å². The minimum Gasteiger partial charge on any atom is -0.442 e. The number of amides is 1. The zero-order chi connectivity index (χ0) is 13.1. The number of allylic oxidation sites excluding steroid dienone is 2. The Bertz CT molecular complexity index is 583. The summed E-state index contributed by atoms with van der Waals surface area (Å²) in [5, 5.41) is 0. The maximum absolute atomic E-state index is 11.9. The van der Waals surface area contributed by atoms with Gasteiger partial charge < -0.3 is 4.74 Å². The molecule has 0 N–H and O–H groups in total. The molecule has 6 nitrogen and oxygen atoms in total. The normalized spacial score (nSPS) is 16.7. The summed E-state index contributed by atoms with van der Waals surface area (Å²) in [6.45, 7) is 0.105. The van der Waals surface area contributed by atoms with Crippen molar-refractivity contribution in [2.75, 3.05) is 5.88 Å². The summed E-state index contributed by atoms with van der Waals surface area (Å²) in [5.74, 6) is 0.702. The molecule has 0 fully saturated rings. The molecule has 3 rings (SSSR count). The highest BCUT2D eigenvalue weighted by molar-refractivity contribution is 8.04. The first kappa shape index (κ1) is 11.9. The highest BCUT2D eigenvalue weighted by Gasteiger charge is 2.20. The summed E-state index contributed by atoms with van der Waals surface area (Å²) in [4.78, 5) is 26.5. The zero-order valence-corrected chi connectivity index (χ0v) is 10.7. The van der Waals surface area contributed by atoms with Gasteiger partial charge in [0.15, 0.2) is 0 Å². The fourth-order valence-corrected chi connectivity index (χ4v) is 2.42. The Hall–Kier alpha value is -2.15. The predicted molar refractivity (Wildman–Crippen MR) is 71.2 cm³/mol. The lowest BCUT2D eigenvalue weighted by atomic mass is 10.3. The number of aliphatic imine (C=N–C) groups is 1. The highest BCUT2D eigenvalue weighted by atomic mass is 32.2. The molecule has 0 aliphatic carbocycles. The van der Waals surface area contributed by atoms with E-state index in [2.05, 4.69) is 15.0 Å². The van der Waals surface area contributed by atoms with Crippen molar-refractivity contribution in [1.82, 2.24) is 14.9 Å². The molecule has 0 bridgehead atoms. The number of ether oxygens (including phenoxy) is 1. The van der Waals surface area contributed by atoms with Gasteiger partial charge >= 0.3 is 6.09 Å². The Morgan fingerprint density at radius 3 is 3.26 bits per heavy atom. The Kier molecular flexibility index (Phi) is 3.28. The van der Waals surface area contributed by atoms with Gasteiger partial charge in [0.1, 0.15) is 6.61 Å². The zero-order valence-electron chi connectivity index (χ0n) is 9.89. The third kappa shape index (κ3) is 2.65. The molecule has 0 saturated heterocycles. The second-order valence-corrected chi connectivity index (χ2v) is 4.77. The van der Waals surface area contributed by atoms with Crippen LogP contribution in [0.3, 0.4) is 0 Å². The summed E-state index contributed by atoms with van der Waals surface area (Å²) >= 11 is 1.60.